The Bertz CT molecular complexity index is 765. The Morgan fingerprint density at radius 2 is 1.88 bits per heavy atom. The minimum atomic E-state index is 0.0149. The number of nitrogens with zero attached hydrogens (tertiary/aromatic N) is 5. The quantitative estimate of drug-likeness (QED) is 0.783. The predicted molar refractivity (Wildman–Crippen MR) is 93.8 cm³/mol. The van der Waals surface area contributed by atoms with Gasteiger partial charge in [-0.1, -0.05) is 12.1 Å². The first kappa shape index (κ1) is 16.4. The van der Waals surface area contributed by atoms with E-state index >= 15 is 0 Å². The fraction of sp³-hybridized carbons (Fsp3) is 0.389. The molecule has 3 rings (SSSR count). The van der Waals surface area contributed by atoms with Crippen LogP contribution in [-0.2, 0) is 12.1 Å². The van der Waals surface area contributed by atoms with Crippen molar-refractivity contribution in [2.75, 3.05) is 0 Å². The van der Waals surface area contributed by atoms with E-state index in [9.17, 15) is 0 Å². The second-order valence-electron chi connectivity index (χ2n) is 7.00. The lowest BCUT2D eigenvalue weighted by Gasteiger charge is -2.19. The Balaban J connectivity index is 1.61. The van der Waals surface area contributed by atoms with E-state index in [0.29, 0.717) is 0 Å². The van der Waals surface area contributed by atoms with Crippen molar-refractivity contribution < 1.29 is 0 Å². The van der Waals surface area contributed by atoms with Crippen LogP contribution in [0, 0.1) is 0 Å². The molecule has 126 valence electrons. The number of hydrogen-bond acceptors (Lipinski definition) is 4. The monoisotopic (exact) mass is 324 g/mol. The van der Waals surface area contributed by atoms with Crippen LogP contribution in [0.25, 0.3) is 5.69 Å². The van der Waals surface area contributed by atoms with Crippen LogP contribution in [0.2, 0.25) is 0 Å². The van der Waals surface area contributed by atoms with E-state index in [1.54, 1.807) is 11.0 Å². The van der Waals surface area contributed by atoms with Crippen molar-refractivity contribution in [2.24, 2.45) is 0 Å². The molecule has 3 aromatic rings. The molecule has 0 spiro atoms. The third kappa shape index (κ3) is 3.71. The lowest BCUT2D eigenvalue weighted by molar-refractivity contribution is 0.355. The summed E-state index contributed by atoms with van der Waals surface area (Å²) in [6.07, 6.45) is 7.27. The molecule has 1 aromatic carbocycles. The zero-order valence-corrected chi connectivity index (χ0v) is 14.6. The average molecular weight is 324 g/mol. The highest BCUT2D eigenvalue weighted by Crippen LogP contribution is 2.17. The molecule has 0 unspecified atom stereocenters. The van der Waals surface area contributed by atoms with Gasteiger partial charge in [0.2, 0.25) is 0 Å². The van der Waals surface area contributed by atoms with Crippen molar-refractivity contribution in [2.45, 2.75) is 45.8 Å². The van der Waals surface area contributed by atoms with Gasteiger partial charge >= 0.3 is 0 Å². The van der Waals surface area contributed by atoms with Gasteiger partial charge in [0.05, 0.1) is 17.4 Å². The number of benzene rings is 1. The van der Waals surface area contributed by atoms with Gasteiger partial charge in [0, 0.05) is 24.3 Å². The highest BCUT2D eigenvalue weighted by atomic mass is 15.3. The molecule has 0 radical (unpaired) electrons. The van der Waals surface area contributed by atoms with Gasteiger partial charge in [-0.3, -0.25) is 4.68 Å². The first-order valence-corrected chi connectivity index (χ1v) is 8.16. The highest BCUT2D eigenvalue weighted by Gasteiger charge is 2.14. The standard InChI is InChI=1S/C18H24N6/c1-14(20-9-15-10-21-24(11-15)18(2,3)4)16-5-7-17(8-6-16)23-13-19-12-22-23/h5-8,10-14,20H,9H2,1-4H3/t14-/m1/s1. The van der Waals surface area contributed by atoms with Gasteiger partial charge in [-0.25, -0.2) is 9.67 Å². The molecule has 1 atom stereocenters. The van der Waals surface area contributed by atoms with E-state index in [2.05, 4.69) is 78.7 Å². The van der Waals surface area contributed by atoms with E-state index in [4.69, 9.17) is 0 Å². The van der Waals surface area contributed by atoms with Gasteiger partial charge in [0.25, 0.3) is 0 Å². The molecule has 0 amide bonds. The summed E-state index contributed by atoms with van der Waals surface area (Å²) in [7, 11) is 0. The molecule has 0 aliphatic rings. The van der Waals surface area contributed by atoms with Gasteiger partial charge in [0.1, 0.15) is 12.7 Å². The van der Waals surface area contributed by atoms with Crippen molar-refractivity contribution in [1.29, 1.82) is 0 Å². The van der Waals surface area contributed by atoms with E-state index in [1.165, 1.54) is 17.5 Å². The van der Waals surface area contributed by atoms with Gasteiger partial charge in [-0.2, -0.15) is 10.2 Å². The van der Waals surface area contributed by atoms with Crippen molar-refractivity contribution in [1.82, 2.24) is 29.9 Å². The topological polar surface area (TPSA) is 60.6 Å². The number of hydrogen-bond donors (Lipinski definition) is 1. The summed E-state index contributed by atoms with van der Waals surface area (Å²) < 4.78 is 3.75. The largest absolute Gasteiger partial charge is 0.306 e. The lowest BCUT2D eigenvalue weighted by atomic mass is 10.1. The van der Waals surface area contributed by atoms with Crippen molar-refractivity contribution in [3.8, 4) is 5.69 Å². The Hall–Kier alpha value is -2.47. The lowest BCUT2D eigenvalue weighted by Crippen LogP contribution is -2.22. The maximum Gasteiger partial charge on any atom is 0.138 e. The second kappa shape index (κ2) is 6.57. The fourth-order valence-corrected chi connectivity index (χ4v) is 2.46. The number of rotatable bonds is 5. The average Bonchev–Trinajstić information content (AvgIpc) is 3.23. The third-order valence-corrected chi connectivity index (χ3v) is 4.01. The summed E-state index contributed by atoms with van der Waals surface area (Å²) in [6.45, 7) is 9.41. The molecule has 2 aromatic heterocycles. The Kier molecular flexibility index (Phi) is 4.49. The first-order valence-electron chi connectivity index (χ1n) is 8.16. The van der Waals surface area contributed by atoms with Crippen LogP contribution in [0.4, 0.5) is 0 Å². The van der Waals surface area contributed by atoms with Crippen LogP contribution in [-0.4, -0.2) is 24.5 Å². The molecule has 0 fully saturated rings. The summed E-state index contributed by atoms with van der Waals surface area (Å²) in [6, 6.07) is 8.60. The zero-order chi connectivity index (χ0) is 17.2. The van der Waals surface area contributed by atoms with Gasteiger partial charge in [-0.15, -0.1) is 0 Å². The van der Waals surface area contributed by atoms with E-state index in [-0.39, 0.29) is 11.6 Å². The SMILES string of the molecule is C[C@@H](NCc1cnn(C(C)(C)C)c1)c1ccc(-n2cncn2)cc1. The summed E-state index contributed by atoms with van der Waals surface area (Å²) in [4.78, 5) is 3.97. The predicted octanol–water partition coefficient (Wildman–Crippen LogP) is 3.07. The minimum absolute atomic E-state index is 0.0149. The Morgan fingerprint density at radius 3 is 2.46 bits per heavy atom. The molecule has 24 heavy (non-hydrogen) atoms. The molecule has 1 N–H and O–H groups in total. The van der Waals surface area contributed by atoms with Crippen molar-refractivity contribution >= 4 is 0 Å². The summed E-state index contributed by atoms with van der Waals surface area (Å²) in [5.74, 6) is 0. The van der Waals surface area contributed by atoms with Crippen molar-refractivity contribution in [3.05, 3.63) is 60.4 Å². The second-order valence-corrected chi connectivity index (χ2v) is 7.00. The molecule has 0 aliphatic heterocycles. The maximum atomic E-state index is 4.44. The third-order valence-electron chi connectivity index (χ3n) is 4.01. The highest BCUT2D eigenvalue weighted by molar-refractivity contribution is 5.34. The normalized spacial score (nSPS) is 13.2. The van der Waals surface area contributed by atoms with Gasteiger partial charge in [-0.05, 0) is 45.4 Å². The minimum Gasteiger partial charge on any atom is -0.306 e. The fourth-order valence-electron chi connectivity index (χ4n) is 2.46. The molecule has 0 aliphatic carbocycles. The Labute approximate surface area is 142 Å². The van der Waals surface area contributed by atoms with Crippen LogP contribution < -0.4 is 5.32 Å². The maximum absolute atomic E-state index is 4.44. The number of aromatic nitrogens is 5. The van der Waals surface area contributed by atoms with Gasteiger partial charge < -0.3 is 5.32 Å². The summed E-state index contributed by atoms with van der Waals surface area (Å²) in [5.41, 5.74) is 3.45. The molecule has 6 nitrogen and oxygen atoms in total. The molecule has 2 heterocycles. The molecular weight excluding hydrogens is 300 g/mol. The van der Waals surface area contributed by atoms with Crippen LogP contribution >= 0.6 is 0 Å². The van der Waals surface area contributed by atoms with Crippen LogP contribution in [0.3, 0.4) is 0 Å². The summed E-state index contributed by atoms with van der Waals surface area (Å²) >= 11 is 0. The summed E-state index contributed by atoms with van der Waals surface area (Å²) in [5, 5.41) is 12.1. The molecule has 6 heteroatoms. The number of nitrogens with one attached hydrogen (secondary N) is 1. The first-order chi connectivity index (χ1) is 11.4. The van der Waals surface area contributed by atoms with Crippen LogP contribution in [0.15, 0.2) is 49.3 Å². The molecular formula is C18H24N6. The molecule has 0 saturated heterocycles. The molecule has 0 saturated carbocycles. The van der Waals surface area contributed by atoms with E-state index in [1.807, 2.05) is 10.9 Å². The van der Waals surface area contributed by atoms with Crippen LogP contribution in [0.5, 0.6) is 0 Å². The Morgan fingerprint density at radius 1 is 1.12 bits per heavy atom. The molecule has 0 bridgehead atoms. The van der Waals surface area contributed by atoms with Crippen molar-refractivity contribution in [3.63, 3.8) is 0 Å². The van der Waals surface area contributed by atoms with E-state index < -0.39 is 0 Å². The van der Waals surface area contributed by atoms with Gasteiger partial charge in [0.15, 0.2) is 0 Å². The smallest absolute Gasteiger partial charge is 0.138 e. The van der Waals surface area contributed by atoms with Crippen LogP contribution in [0.1, 0.15) is 44.9 Å². The zero-order valence-electron chi connectivity index (χ0n) is 14.6. The van der Waals surface area contributed by atoms with E-state index in [0.717, 1.165) is 12.2 Å².